The number of allylic oxidation sites excluding steroid dienone is 1. The highest BCUT2D eigenvalue weighted by Crippen LogP contribution is 2.36. The Labute approximate surface area is 144 Å². The molecule has 0 atom stereocenters. The molecule has 1 aromatic heterocycles. The first-order valence-electron chi connectivity index (χ1n) is 6.02. The van der Waals surface area contributed by atoms with Crippen molar-refractivity contribution in [3.05, 3.63) is 50.2 Å². The zero-order valence-electron chi connectivity index (χ0n) is 11.4. The van der Waals surface area contributed by atoms with E-state index in [0.29, 0.717) is 5.56 Å². The number of nitrogens with zero attached hydrogens (tertiary/aromatic N) is 3. The smallest absolute Gasteiger partial charge is 0.256 e. The van der Waals surface area contributed by atoms with Gasteiger partial charge in [-0.25, -0.2) is 0 Å². The summed E-state index contributed by atoms with van der Waals surface area (Å²) in [5.74, 6) is 0. The highest BCUT2D eigenvalue weighted by molar-refractivity contribution is 6.42. The average molecular weight is 381 g/mol. The Morgan fingerprint density at radius 1 is 1.26 bits per heavy atom. The second kappa shape index (κ2) is 6.44. The van der Waals surface area contributed by atoms with E-state index in [2.05, 4.69) is 5.10 Å². The molecule has 1 heterocycles. The van der Waals surface area contributed by atoms with Gasteiger partial charge >= 0.3 is 6.18 Å². The van der Waals surface area contributed by atoms with E-state index in [1.807, 2.05) is 6.07 Å². The van der Waals surface area contributed by atoms with Crippen molar-refractivity contribution in [2.75, 3.05) is 0 Å². The lowest BCUT2D eigenvalue weighted by atomic mass is 10.0. The second-order valence-electron chi connectivity index (χ2n) is 4.47. The number of rotatable bonds is 2. The van der Waals surface area contributed by atoms with Crippen molar-refractivity contribution in [1.29, 1.82) is 5.26 Å². The summed E-state index contributed by atoms with van der Waals surface area (Å²) >= 11 is 17.5. The molecular formula is C14H7Cl3F3N3. The van der Waals surface area contributed by atoms with Gasteiger partial charge in [0.15, 0.2) is 5.69 Å². The van der Waals surface area contributed by atoms with E-state index in [1.165, 1.54) is 25.2 Å². The molecule has 0 bridgehead atoms. The third kappa shape index (κ3) is 3.63. The number of hydrogen-bond acceptors (Lipinski definition) is 2. The minimum atomic E-state index is -4.70. The van der Waals surface area contributed by atoms with E-state index in [-0.39, 0.29) is 26.3 Å². The predicted molar refractivity (Wildman–Crippen MR) is 83.2 cm³/mol. The second-order valence-corrected chi connectivity index (χ2v) is 5.65. The van der Waals surface area contributed by atoms with Gasteiger partial charge in [-0.15, -0.1) is 0 Å². The van der Waals surface area contributed by atoms with Gasteiger partial charge in [0.25, 0.3) is 0 Å². The highest BCUT2D eigenvalue weighted by Gasteiger charge is 2.38. The fourth-order valence-electron chi connectivity index (χ4n) is 1.85. The van der Waals surface area contributed by atoms with Crippen LogP contribution in [0.15, 0.2) is 18.2 Å². The van der Waals surface area contributed by atoms with Crippen LogP contribution in [0.25, 0.3) is 11.6 Å². The van der Waals surface area contributed by atoms with Crippen LogP contribution in [0.4, 0.5) is 13.2 Å². The van der Waals surface area contributed by atoms with Gasteiger partial charge in [0.05, 0.1) is 21.7 Å². The topological polar surface area (TPSA) is 41.6 Å². The van der Waals surface area contributed by atoms with Crippen molar-refractivity contribution in [3.63, 3.8) is 0 Å². The number of aromatic nitrogens is 2. The van der Waals surface area contributed by atoms with Gasteiger partial charge in [0, 0.05) is 12.6 Å². The molecule has 3 nitrogen and oxygen atoms in total. The quantitative estimate of drug-likeness (QED) is 0.649. The molecular weight excluding hydrogens is 374 g/mol. The fraction of sp³-hybridized carbons (Fsp3) is 0.143. The summed E-state index contributed by atoms with van der Waals surface area (Å²) in [6.45, 7) is 0. The molecule has 0 radical (unpaired) electrons. The SMILES string of the molecule is Cn1nc(C(F)(F)F)c(/C=C(\C#N)c2ccc(Cl)c(Cl)c2)c1Cl. The number of aryl methyl sites for hydroxylation is 1. The first kappa shape index (κ1) is 17.7. The molecule has 1 aromatic carbocycles. The first-order chi connectivity index (χ1) is 10.6. The van der Waals surface area contributed by atoms with Crippen LogP contribution < -0.4 is 0 Å². The monoisotopic (exact) mass is 379 g/mol. The summed E-state index contributed by atoms with van der Waals surface area (Å²) in [4.78, 5) is 0. The van der Waals surface area contributed by atoms with Crippen molar-refractivity contribution in [2.24, 2.45) is 7.05 Å². The Morgan fingerprint density at radius 3 is 2.43 bits per heavy atom. The number of benzene rings is 1. The van der Waals surface area contributed by atoms with Crippen LogP contribution in [0.2, 0.25) is 15.2 Å². The molecule has 0 fully saturated rings. The summed E-state index contributed by atoms with van der Waals surface area (Å²) in [6.07, 6.45) is -3.67. The van der Waals surface area contributed by atoms with Crippen molar-refractivity contribution < 1.29 is 13.2 Å². The van der Waals surface area contributed by atoms with Crippen LogP contribution in [0.3, 0.4) is 0 Å². The normalized spacial score (nSPS) is 12.3. The maximum Gasteiger partial charge on any atom is 0.435 e. The van der Waals surface area contributed by atoms with E-state index in [4.69, 9.17) is 34.8 Å². The molecule has 0 spiro atoms. The van der Waals surface area contributed by atoms with Gasteiger partial charge in [-0.3, -0.25) is 4.68 Å². The minimum Gasteiger partial charge on any atom is -0.256 e. The lowest BCUT2D eigenvalue weighted by Gasteiger charge is -2.05. The van der Waals surface area contributed by atoms with Crippen LogP contribution in [0.1, 0.15) is 16.8 Å². The highest BCUT2D eigenvalue weighted by atomic mass is 35.5. The first-order valence-corrected chi connectivity index (χ1v) is 7.15. The maximum atomic E-state index is 13.0. The van der Waals surface area contributed by atoms with Gasteiger partial charge in [0.2, 0.25) is 0 Å². The fourth-order valence-corrected chi connectivity index (χ4v) is 2.33. The summed E-state index contributed by atoms with van der Waals surface area (Å²) in [5, 5.41) is 12.8. The zero-order chi connectivity index (χ0) is 17.4. The molecule has 2 rings (SSSR count). The van der Waals surface area contributed by atoms with Gasteiger partial charge in [0.1, 0.15) is 5.15 Å². The molecule has 0 aliphatic rings. The van der Waals surface area contributed by atoms with Crippen molar-refractivity contribution in [1.82, 2.24) is 9.78 Å². The molecule has 2 aromatic rings. The number of alkyl halides is 3. The molecule has 0 saturated carbocycles. The molecule has 0 amide bonds. The third-order valence-corrected chi connectivity index (χ3v) is 4.11. The van der Waals surface area contributed by atoms with Crippen LogP contribution in [0.5, 0.6) is 0 Å². The third-order valence-electron chi connectivity index (χ3n) is 2.92. The summed E-state index contributed by atoms with van der Waals surface area (Å²) in [5.41, 5.74) is -1.29. The van der Waals surface area contributed by atoms with E-state index >= 15 is 0 Å². The Hall–Kier alpha value is -1.68. The molecule has 0 aliphatic carbocycles. The van der Waals surface area contributed by atoms with Gasteiger partial charge in [-0.05, 0) is 23.8 Å². The van der Waals surface area contributed by atoms with Crippen molar-refractivity contribution in [2.45, 2.75) is 6.18 Å². The van der Waals surface area contributed by atoms with Crippen LogP contribution >= 0.6 is 34.8 Å². The van der Waals surface area contributed by atoms with Crippen molar-refractivity contribution >= 4 is 46.5 Å². The summed E-state index contributed by atoms with van der Waals surface area (Å²) < 4.78 is 40.0. The Balaban J connectivity index is 2.64. The van der Waals surface area contributed by atoms with Gasteiger partial charge in [-0.2, -0.15) is 23.5 Å². The molecule has 9 heteroatoms. The Kier molecular flexibility index (Phi) is 4.95. The Bertz CT molecular complexity index is 832. The number of nitriles is 1. The van der Waals surface area contributed by atoms with E-state index < -0.39 is 11.9 Å². The van der Waals surface area contributed by atoms with Crippen LogP contribution in [-0.4, -0.2) is 9.78 Å². The molecule has 0 saturated heterocycles. The van der Waals surface area contributed by atoms with Crippen LogP contribution in [-0.2, 0) is 13.2 Å². The van der Waals surface area contributed by atoms with Gasteiger partial charge in [-0.1, -0.05) is 40.9 Å². The molecule has 0 aliphatic heterocycles. The van der Waals surface area contributed by atoms with E-state index in [9.17, 15) is 18.4 Å². The predicted octanol–water partition coefficient (Wildman–Crippen LogP) is 5.46. The van der Waals surface area contributed by atoms with Gasteiger partial charge < -0.3 is 0 Å². The Morgan fingerprint density at radius 2 is 1.91 bits per heavy atom. The lowest BCUT2D eigenvalue weighted by Crippen LogP contribution is -2.08. The maximum absolute atomic E-state index is 13.0. The molecule has 23 heavy (non-hydrogen) atoms. The minimum absolute atomic E-state index is 0.0519. The average Bonchev–Trinajstić information content (AvgIpc) is 2.75. The number of hydrogen-bond donors (Lipinski definition) is 0. The molecule has 0 N–H and O–H groups in total. The summed E-state index contributed by atoms with van der Waals surface area (Å²) in [6, 6.07) is 6.13. The lowest BCUT2D eigenvalue weighted by molar-refractivity contribution is -0.141. The molecule has 0 unspecified atom stereocenters. The number of halogens is 6. The standard InChI is InChI=1S/C14H7Cl3F3N3/c1-23-13(17)9(12(22-23)14(18,19)20)4-8(6-21)7-2-3-10(15)11(16)5-7/h2-5H,1H3/b8-4+. The van der Waals surface area contributed by atoms with E-state index in [1.54, 1.807) is 0 Å². The largest absolute Gasteiger partial charge is 0.435 e. The zero-order valence-corrected chi connectivity index (χ0v) is 13.7. The summed E-state index contributed by atoms with van der Waals surface area (Å²) in [7, 11) is 1.28. The van der Waals surface area contributed by atoms with Crippen molar-refractivity contribution in [3.8, 4) is 6.07 Å². The molecule has 120 valence electrons. The van der Waals surface area contributed by atoms with Crippen LogP contribution in [0, 0.1) is 11.3 Å². The van der Waals surface area contributed by atoms with E-state index in [0.717, 1.165) is 10.8 Å².